The Morgan fingerprint density at radius 3 is 3.30 bits per heavy atom. The van der Waals surface area contributed by atoms with Crippen molar-refractivity contribution in [1.29, 1.82) is 0 Å². The molecule has 0 aromatic carbocycles. The molecule has 2 aromatic rings. The largest absolute Gasteiger partial charge is 0.398 e. The molecule has 2 heterocycles. The second-order valence-electron chi connectivity index (χ2n) is 2.12. The Labute approximate surface area is 58.1 Å². The van der Waals surface area contributed by atoms with Gasteiger partial charge in [-0.05, 0) is 12.1 Å². The second kappa shape index (κ2) is 1.73. The Morgan fingerprint density at radius 1 is 1.50 bits per heavy atom. The number of pyridine rings is 1. The Kier molecular flexibility index (Phi) is 0.917. The molecule has 0 aliphatic rings. The minimum Gasteiger partial charge on any atom is -0.398 e. The Hall–Kier alpha value is -1.51. The highest BCUT2D eigenvalue weighted by molar-refractivity contribution is 5.50. The molecule has 2 rings (SSSR count). The van der Waals surface area contributed by atoms with Crippen LogP contribution >= 0.6 is 0 Å². The lowest BCUT2D eigenvalue weighted by atomic mass is 10.4. The first-order valence-electron chi connectivity index (χ1n) is 2.96. The molecule has 3 heteroatoms. The van der Waals surface area contributed by atoms with E-state index in [-0.39, 0.29) is 0 Å². The van der Waals surface area contributed by atoms with Crippen LogP contribution in [-0.2, 0) is 0 Å². The van der Waals surface area contributed by atoms with E-state index in [0.29, 0.717) is 0 Å². The van der Waals surface area contributed by atoms with Crippen LogP contribution in [0.25, 0.3) is 5.52 Å². The van der Waals surface area contributed by atoms with Crippen LogP contribution in [0, 0.1) is 6.33 Å². The van der Waals surface area contributed by atoms with Crippen LogP contribution in [0.4, 0.5) is 5.69 Å². The topological polar surface area (TPSA) is 43.3 Å². The first-order valence-corrected chi connectivity index (χ1v) is 2.96. The number of nitrogens with two attached hydrogens (primary N) is 1. The van der Waals surface area contributed by atoms with Crippen molar-refractivity contribution in [3.8, 4) is 0 Å². The lowest BCUT2D eigenvalue weighted by Gasteiger charge is -1.92. The fourth-order valence-electron chi connectivity index (χ4n) is 0.878. The number of aromatic nitrogens is 2. The van der Waals surface area contributed by atoms with Crippen molar-refractivity contribution in [2.45, 2.75) is 0 Å². The molecular formula is C7H6N3. The molecule has 49 valence electrons. The number of nitrogen functional groups attached to an aromatic ring is 1. The maximum absolute atomic E-state index is 5.51. The Bertz CT molecular complexity index is 350. The van der Waals surface area contributed by atoms with E-state index >= 15 is 0 Å². The van der Waals surface area contributed by atoms with Crippen LogP contribution < -0.4 is 5.73 Å². The van der Waals surface area contributed by atoms with Crippen molar-refractivity contribution >= 4 is 11.2 Å². The van der Waals surface area contributed by atoms with Crippen molar-refractivity contribution in [3.63, 3.8) is 0 Å². The van der Waals surface area contributed by atoms with Crippen LogP contribution in [0.1, 0.15) is 0 Å². The van der Waals surface area contributed by atoms with Crippen LogP contribution in [0.3, 0.4) is 0 Å². The predicted octanol–water partition coefficient (Wildman–Crippen LogP) is 0.717. The smallest absolute Gasteiger partial charge is 0.181 e. The van der Waals surface area contributed by atoms with Crippen molar-refractivity contribution in [3.05, 3.63) is 30.9 Å². The predicted molar refractivity (Wildman–Crippen MR) is 38.4 cm³/mol. The van der Waals surface area contributed by atoms with E-state index in [1.807, 2.05) is 12.1 Å². The van der Waals surface area contributed by atoms with Gasteiger partial charge in [-0.25, -0.2) is 4.98 Å². The van der Waals surface area contributed by atoms with Crippen molar-refractivity contribution < 1.29 is 0 Å². The average Bonchev–Trinajstić information content (AvgIpc) is 2.33. The summed E-state index contributed by atoms with van der Waals surface area (Å²) >= 11 is 0. The van der Waals surface area contributed by atoms with Crippen molar-refractivity contribution in [2.24, 2.45) is 0 Å². The third-order valence-electron chi connectivity index (χ3n) is 1.37. The van der Waals surface area contributed by atoms with Gasteiger partial charge >= 0.3 is 0 Å². The summed E-state index contributed by atoms with van der Waals surface area (Å²) in [6.45, 7) is 0. The molecule has 0 amide bonds. The molecule has 0 aliphatic heterocycles. The van der Waals surface area contributed by atoms with Gasteiger partial charge in [0, 0.05) is 11.9 Å². The third-order valence-corrected chi connectivity index (χ3v) is 1.37. The monoisotopic (exact) mass is 132 g/mol. The molecule has 0 atom stereocenters. The zero-order chi connectivity index (χ0) is 6.97. The van der Waals surface area contributed by atoms with Gasteiger partial charge in [0.25, 0.3) is 0 Å². The van der Waals surface area contributed by atoms with Gasteiger partial charge in [-0.1, -0.05) is 0 Å². The minimum absolute atomic E-state index is 0.724. The molecule has 0 bridgehead atoms. The highest BCUT2D eigenvalue weighted by Gasteiger charge is 1.90. The third kappa shape index (κ3) is 0.639. The molecule has 0 unspecified atom stereocenters. The Balaban J connectivity index is 2.86. The summed E-state index contributed by atoms with van der Waals surface area (Å²) in [5.74, 6) is 0. The van der Waals surface area contributed by atoms with Crippen LogP contribution in [0.2, 0.25) is 0 Å². The van der Waals surface area contributed by atoms with E-state index < -0.39 is 0 Å². The van der Waals surface area contributed by atoms with Crippen LogP contribution in [0.15, 0.2) is 24.5 Å². The van der Waals surface area contributed by atoms with Gasteiger partial charge in [-0.3, -0.25) is 4.40 Å². The van der Waals surface area contributed by atoms with E-state index in [1.54, 1.807) is 16.8 Å². The van der Waals surface area contributed by atoms with Crippen molar-refractivity contribution in [1.82, 2.24) is 9.38 Å². The SMILES string of the molecule is Nc1ccc2cn[c]n2c1. The summed E-state index contributed by atoms with van der Waals surface area (Å²) in [6.07, 6.45) is 6.26. The second-order valence-corrected chi connectivity index (χ2v) is 2.12. The molecule has 0 fully saturated rings. The molecular weight excluding hydrogens is 126 g/mol. The summed E-state index contributed by atoms with van der Waals surface area (Å²) < 4.78 is 1.76. The van der Waals surface area contributed by atoms with E-state index in [4.69, 9.17) is 5.73 Å². The Morgan fingerprint density at radius 2 is 2.40 bits per heavy atom. The summed E-state index contributed by atoms with van der Waals surface area (Å²) in [5.41, 5.74) is 7.25. The molecule has 0 spiro atoms. The van der Waals surface area contributed by atoms with E-state index in [1.165, 1.54) is 0 Å². The standard InChI is InChI=1S/C7H6N3/c8-6-1-2-7-3-9-5-10(7)4-6/h1-4H,8H2. The maximum Gasteiger partial charge on any atom is 0.181 e. The van der Waals surface area contributed by atoms with Gasteiger partial charge in [-0.2, -0.15) is 0 Å². The number of hydrogen-bond donors (Lipinski definition) is 1. The maximum atomic E-state index is 5.51. The fourth-order valence-corrected chi connectivity index (χ4v) is 0.878. The highest BCUT2D eigenvalue weighted by Crippen LogP contribution is 2.05. The number of imidazole rings is 1. The molecule has 0 aliphatic carbocycles. The van der Waals surface area contributed by atoms with Gasteiger partial charge in [0.2, 0.25) is 0 Å². The fraction of sp³-hybridized carbons (Fsp3) is 0. The normalized spacial score (nSPS) is 10.4. The van der Waals surface area contributed by atoms with Crippen LogP contribution in [-0.4, -0.2) is 9.38 Å². The van der Waals surface area contributed by atoms with Gasteiger partial charge in [-0.15, -0.1) is 0 Å². The zero-order valence-electron chi connectivity index (χ0n) is 5.28. The van der Waals surface area contributed by atoms with E-state index in [2.05, 4.69) is 11.3 Å². The molecule has 2 N–H and O–H groups in total. The molecule has 10 heavy (non-hydrogen) atoms. The number of fused-ring (bicyclic) bond motifs is 1. The average molecular weight is 132 g/mol. The van der Waals surface area contributed by atoms with Crippen LogP contribution in [0.5, 0.6) is 0 Å². The van der Waals surface area contributed by atoms with E-state index in [0.717, 1.165) is 11.2 Å². The molecule has 1 radical (unpaired) electrons. The van der Waals surface area contributed by atoms with E-state index in [9.17, 15) is 0 Å². The summed E-state index contributed by atoms with van der Waals surface area (Å²) in [7, 11) is 0. The number of anilines is 1. The summed E-state index contributed by atoms with van der Waals surface area (Å²) in [4.78, 5) is 3.82. The lowest BCUT2D eigenvalue weighted by molar-refractivity contribution is 1.14. The summed E-state index contributed by atoms with van der Waals surface area (Å²) in [6, 6.07) is 3.74. The highest BCUT2D eigenvalue weighted by atomic mass is 15.0. The minimum atomic E-state index is 0.724. The molecule has 0 saturated carbocycles. The zero-order valence-corrected chi connectivity index (χ0v) is 5.28. The number of nitrogens with zero attached hydrogens (tertiary/aromatic N) is 2. The molecule has 3 nitrogen and oxygen atoms in total. The first-order chi connectivity index (χ1) is 4.86. The van der Waals surface area contributed by atoms with Gasteiger partial charge < -0.3 is 5.73 Å². The quantitative estimate of drug-likeness (QED) is 0.573. The molecule has 2 aromatic heterocycles. The number of rotatable bonds is 0. The lowest BCUT2D eigenvalue weighted by Crippen LogP contribution is -1.88. The van der Waals surface area contributed by atoms with Gasteiger partial charge in [0.15, 0.2) is 6.33 Å². The summed E-state index contributed by atoms with van der Waals surface area (Å²) in [5, 5.41) is 0. The first kappa shape index (κ1) is 5.29. The van der Waals surface area contributed by atoms with Gasteiger partial charge in [0.05, 0.1) is 11.7 Å². The van der Waals surface area contributed by atoms with Gasteiger partial charge in [0.1, 0.15) is 0 Å². The van der Waals surface area contributed by atoms with Crippen molar-refractivity contribution in [2.75, 3.05) is 5.73 Å². The molecule has 0 saturated heterocycles. The number of hydrogen-bond acceptors (Lipinski definition) is 2.